The first-order valence-corrected chi connectivity index (χ1v) is 13.9. The second kappa shape index (κ2) is 11.2. The lowest BCUT2D eigenvalue weighted by atomic mass is 9.80. The molecule has 8 heteroatoms. The van der Waals surface area contributed by atoms with Gasteiger partial charge in [0.25, 0.3) is 0 Å². The molecule has 1 aliphatic heterocycles. The van der Waals surface area contributed by atoms with Gasteiger partial charge in [-0.2, -0.15) is 4.68 Å². The molecule has 5 rings (SSSR count). The van der Waals surface area contributed by atoms with E-state index in [0.29, 0.717) is 23.3 Å². The highest BCUT2D eigenvalue weighted by Crippen LogP contribution is 2.36. The number of carbonyl (C=O) groups excluding carboxylic acids is 2. The number of anilines is 1. The van der Waals surface area contributed by atoms with Crippen LogP contribution in [0.5, 0.6) is 0 Å². The maximum atomic E-state index is 12.7. The van der Waals surface area contributed by atoms with E-state index in [9.17, 15) is 9.59 Å². The zero-order valence-electron chi connectivity index (χ0n) is 23.0. The molecule has 2 fully saturated rings. The summed E-state index contributed by atoms with van der Waals surface area (Å²) in [5.41, 5.74) is 4.57. The molecule has 38 heavy (non-hydrogen) atoms. The smallest absolute Gasteiger partial charge is 0.342 e. The van der Waals surface area contributed by atoms with Crippen LogP contribution in [-0.2, 0) is 4.79 Å². The number of nitrogens with zero attached hydrogens (tertiary/aromatic N) is 3. The van der Waals surface area contributed by atoms with Crippen molar-refractivity contribution in [3.8, 4) is 0 Å². The molecular weight excluding hydrogens is 476 g/mol. The molecule has 1 aliphatic carbocycles. The molecule has 0 unspecified atom stereocenters. The number of benzene rings is 2. The Morgan fingerprint density at radius 3 is 2.34 bits per heavy atom. The van der Waals surface area contributed by atoms with Gasteiger partial charge in [0.2, 0.25) is 5.91 Å². The average Bonchev–Trinajstić information content (AvgIpc) is 3.23. The molecule has 2 amide bonds. The Morgan fingerprint density at radius 1 is 0.974 bits per heavy atom. The Balaban J connectivity index is 1.09. The Hall–Kier alpha value is -3.39. The van der Waals surface area contributed by atoms with Crippen molar-refractivity contribution < 1.29 is 9.59 Å². The first kappa shape index (κ1) is 26.2. The van der Waals surface area contributed by atoms with Crippen LogP contribution >= 0.6 is 0 Å². The summed E-state index contributed by atoms with van der Waals surface area (Å²) in [4.78, 5) is 27.9. The molecule has 0 atom stereocenters. The summed E-state index contributed by atoms with van der Waals surface area (Å²) in [5, 5.41) is 14.5. The molecule has 2 heterocycles. The van der Waals surface area contributed by atoms with Crippen molar-refractivity contribution in [3.63, 3.8) is 0 Å². The van der Waals surface area contributed by atoms with Gasteiger partial charge in [-0.25, -0.2) is 4.79 Å². The van der Waals surface area contributed by atoms with E-state index in [-0.39, 0.29) is 30.6 Å². The van der Waals surface area contributed by atoms with E-state index in [1.165, 1.54) is 41.5 Å². The fraction of sp³-hybridized carbons (Fsp3) is 0.500. The van der Waals surface area contributed by atoms with Crippen molar-refractivity contribution >= 4 is 28.7 Å². The van der Waals surface area contributed by atoms with E-state index >= 15 is 0 Å². The normalized spacial score (nSPS) is 20.3. The molecule has 0 spiro atoms. The largest absolute Gasteiger partial charge is 0.359 e. The van der Waals surface area contributed by atoms with Gasteiger partial charge in [0.1, 0.15) is 0 Å². The number of nitrogens with one attached hydrogen (secondary N) is 3. The lowest BCUT2D eigenvalue weighted by molar-refractivity contribution is -0.121. The fourth-order valence-corrected chi connectivity index (χ4v) is 5.78. The van der Waals surface area contributed by atoms with E-state index < -0.39 is 0 Å². The van der Waals surface area contributed by atoms with Crippen LogP contribution in [0.25, 0.3) is 10.9 Å². The Morgan fingerprint density at radius 2 is 1.66 bits per heavy atom. The molecule has 3 N–H and O–H groups in total. The second-order valence-electron chi connectivity index (χ2n) is 11.4. The molecule has 0 bridgehead atoms. The van der Waals surface area contributed by atoms with E-state index in [4.69, 9.17) is 0 Å². The Labute approximate surface area is 225 Å². The maximum Gasteiger partial charge on any atom is 0.342 e. The summed E-state index contributed by atoms with van der Waals surface area (Å²) >= 11 is 0. The number of hydrogen-bond donors (Lipinski definition) is 3. The van der Waals surface area contributed by atoms with Gasteiger partial charge in [-0.05, 0) is 77.0 Å². The summed E-state index contributed by atoms with van der Waals surface area (Å²) in [5.74, 6) is 1.16. The van der Waals surface area contributed by atoms with Crippen molar-refractivity contribution in [1.82, 2.24) is 25.3 Å². The van der Waals surface area contributed by atoms with Crippen LogP contribution in [-0.4, -0.2) is 64.4 Å². The lowest BCUT2D eigenvalue weighted by Gasteiger charge is -2.46. The molecule has 8 nitrogen and oxygen atoms in total. The van der Waals surface area contributed by atoms with Crippen molar-refractivity contribution in [1.29, 1.82) is 0 Å². The molecule has 0 radical (unpaired) electrons. The number of aromatic nitrogens is 2. The summed E-state index contributed by atoms with van der Waals surface area (Å²) in [7, 11) is 0. The molecule has 202 valence electrons. The van der Waals surface area contributed by atoms with Crippen LogP contribution in [0.2, 0.25) is 0 Å². The molecule has 2 aromatic carbocycles. The zero-order valence-corrected chi connectivity index (χ0v) is 23.0. The minimum absolute atomic E-state index is 0.000318. The first-order valence-electron chi connectivity index (χ1n) is 13.9. The van der Waals surface area contributed by atoms with Crippen LogP contribution in [0, 0.1) is 13.8 Å². The van der Waals surface area contributed by atoms with E-state index in [2.05, 4.69) is 57.1 Å². The third-order valence-corrected chi connectivity index (χ3v) is 7.89. The van der Waals surface area contributed by atoms with Crippen LogP contribution in [0.4, 0.5) is 10.6 Å². The molecule has 1 saturated heterocycles. The number of carbonyl (C=O) groups is 2. The van der Waals surface area contributed by atoms with Crippen molar-refractivity contribution in [2.75, 3.05) is 25.0 Å². The van der Waals surface area contributed by atoms with Crippen LogP contribution < -0.4 is 16.0 Å². The quantitative estimate of drug-likeness (QED) is 0.428. The predicted octanol–water partition coefficient (Wildman–Crippen LogP) is 4.56. The van der Waals surface area contributed by atoms with Crippen molar-refractivity contribution in [3.05, 3.63) is 59.2 Å². The van der Waals surface area contributed by atoms with Gasteiger partial charge in [0.05, 0.1) is 18.1 Å². The van der Waals surface area contributed by atoms with Gasteiger partial charge < -0.3 is 16.0 Å². The second-order valence-corrected chi connectivity index (χ2v) is 11.4. The number of likely N-dealkylation sites (tertiary alicyclic amines) is 1. The highest BCUT2D eigenvalue weighted by molar-refractivity contribution is 5.98. The van der Waals surface area contributed by atoms with E-state index in [0.717, 1.165) is 24.0 Å². The lowest BCUT2D eigenvalue weighted by Crippen LogP contribution is -2.63. The Bertz CT molecular complexity index is 1280. The third-order valence-electron chi connectivity index (χ3n) is 7.89. The minimum Gasteiger partial charge on any atom is -0.359 e. The fourth-order valence-electron chi connectivity index (χ4n) is 5.78. The summed E-state index contributed by atoms with van der Waals surface area (Å²) in [6.07, 6.45) is 4.92. The van der Waals surface area contributed by atoms with Crippen molar-refractivity contribution in [2.45, 2.75) is 77.4 Å². The predicted molar refractivity (Wildman–Crippen MR) is 152 cm³/mol. The molecule has 1 aromatic heterocycles. The monoisotopic (exact) mass is 516 g/mol. The highest BCUT2D eigenvalue weighted by Gasteiger charge is 2.35. The van der Waals surface area contributed by atoms with Gasteiger partial charge in [0.15, 0.2) is 5.82 Å². The highest BCUT2D eigenvalue weighted by atomic mass is 16.2. The number of fused-ring (bicyclic) bond motifs is 1. The SMILES string of the molecule is Cc1ccc(C2CCC(N3CC(NC(=O)CNc4nn(C(=O)NC(C)C)c5ccc(C)cc45)C3)CC2)cc1. The molecule has 1 saturated carbocycles. The van der Waals surface area contributed by atoms with Crippen LogP contribution in [0.3, 0.4) is 0 Å². The minimum atomic E-state index is -0.284. The maximum absolute atomic E-state index is 12.7. The first-order chi connectivity index (χ1) is 18.3. The van der Waals surface area contributed by atoms with E-state index in [1.54, 1.807) is 0 Å². The topological polar surface area (TPSA) is 91.3 Å². The van der Waals surface area contributed by atoms with E-state index in [1.807, 2.05) is 39.0 Å². The van der Waals surface area contributed by atoms with Gasteiger partial charge in [0, 0.05) is 30.6 Å². The van der Waals surface area contributed by atoms with Gasteiger partial charge in [-0.15, -0.1) is 5.10 Å². The molecule has 3 aromatic rings. The molecular formula is C30H40N6O2. The third kappa shape index (κ3) is 5.85. The van der Waals surface area contributed by atoms with Gasteiger partial charge in [-0.1, -0.05) is 41.5 Å². The van der Waals surface area contributed by atoms with Gasteiger partial charge in [-0.3, -0.25) is 9.69 Å². The summed E-state index contributed by atoms with van der Waals surface area (Å²) < 4.78 is 1.37. The number of rotatable bonds is 7. The number of hydrogen-bond acceptors (Lipinski definition) is 5. The van der Waals surface area contributed by atoms with Gasteiger partial charge >= 0.3 is 6.03 Å². The summed E-state index contributed by atoms with van der Waals surface area (Å²) in [6, 6.07) is 15.4. The summed E-state index contributed by atoms with van der Waals surface area (Å²) in [6.45, 7) is 9.91. The zero-order chi connectivity index (χ0) is 26.8. The molecule has 2 aliphatic rings. The Kier molecular flexibility index (Phi) is 7.70. The van der Waals surface area contributed by atoms with Crippen LogP contribution in [0.1, 0.15) is 62.1 Å². The van der Waals surface area contributed by atoms with Crippen LogP contribution in [0.15, 0.2) is 42.5 Å². The average molecular weight is 517 g/mol. The number of aryl methyl sites for hydroxylation is 2. The van der Waals surface area contributed by atoms with Crippen molar-refractivity contribution in [2.24, 2.45) is 0 Å². The number of amides is 2. The standard InChI is InChI=1S/C30H40N6O2/c1-19(2)32-30(38)36-27-14-7-21(4)15-26(27)29(34-36)31-16-28(37)33-24-17-35(18-24)25-12-10-23(11-13-25)22-8-5-20(3)6-9-22/h5-9,14-15,19,23-25H,10-13,16-18H2,1-4H3,(H,31,34)(H,32,38)(H,33,37).